The number of hydrogen-bond acceptors (Lipinski definition) is 3. The van der Waals surface area contributed by atoms with Crippen LogP contribution in [0.25, 0.3) is 5.69 Å². The van der Waals surface area contributed by atoms with E-state index in [-0.39, 0.29) is 11.8 Å². The summed E-state index contributed by atoms with van der Waals surface area (Å²) in [6.07, 6.45) is 0.921. The van der Waals surface area contributed by atoms with E-state index in [0.717, 1.165) is 23.4 Å². The van der Waals surface area contributed by atoms with Crippen LogP contribution >= 0.6 is 0 Å². The molecule has 0 fully saturated rings. The first-order chi connectivity index (χ1) is 9.17. The van der Waals surface area contributed by atoms with Crippen LogP contribution in [-0.2, 0) is 12.8 Å². The summed E-state index contributed by atoms with van der Waals surface area (Å²) in [6, 6.07) is 11.4. The number of nitriles is 1. The number of aromatic nitrogens is 2. The van der Waals surface area contributed by atoms with Gasteiger partial charge in [-0.1, -0.05) is 25.1 Å². The zero-order valence-electron chi connectivity index (χ0n) is 11.1. The highest BCUT2D eigenvalue weighted by Crippen LogP contribution is 2.15. The van der Waals surface area contributed by atoms with E-state index in [4.69, 9.17) is 5.26 Å². The van der Waals surface area contributed by atoms with Gasteiger partial charge in [0.15, 0.2) is 0 Å². The van der Waals surface area contributed by atoms with Crippen molar-refractivity contribution in [2.45, 2.75) is 26.7 Å². The molecule has 0 N–H and O–H groups in total. The maximum atomic E-state index is 11.7. The molecular formula is C15H15N3O. The second-order valence-electron chi connectivity index (χ2n) is 4.33. The Morgan fingerprint density at radius 3 is 2.79 bits per heavy atom. The zero-order valence-corrected chi connectivity index (χ0v) is 11.1. The van der Waals surface area contributed by atoms with Crippen molar-refractivity contribution in [1.82, 2.24) is 9.78 Å². The summed E-state index contributed by atoms with van der Waals surface area (Å²) < 4.78 is 1.74. The quantitative estimate of drug-likeness (QED) is 0.842. The number of para-hydroxylation sites is 1. The maximum absolute atomic E-state index is 11.7. The van der Waals surface area contributed by atoms with Gasteiger partial charge in [0, 0.05) is 11.8 Å². The molecule has 1 aromatic carbocycles. The standard InChI is InChI=1S/C15H15N3O/c1-3-12-6-4-5-7-14(12)18-11(2)10-15(19)13(17-18)8-9-16/h4-7,10H,3,8H2,1-2H3. The highest BCUT2D eigenvalue weighted by atomic mass is 16.1. The number of hydrogen-bond donors (Lipinski definition) is 0. The van der Waals surface area contributed by atoms with Crippen LogP contribution in [0, 0.1) is 18.3 Å². The van der Waals surface area contributed by atoms with E-state index in [2.05, 4.69) is 12.0 Å². The second kappa shape index (κ2) is 5.49. The molecule has 1 heterocycles. The van der Waals surface area contributed by atoms with E-state index in [9.17, 15) is 4.79 Å². The predicted molar refractivity (Wildman–Crippen MR) is 73.3 cm³/mol. The first-order valence-corrected chi connectivity index (χ1v) is 6.22. The molecule has 0 saturated heterocycles. The van der Waals surface area contributed by atoms with Crippen molar-refractivity contribution >= 4 is 0 Å². The van der Waals surface area contributed by atoms with Crippen LogP contribution in [0.5, 0.6) is 0 Å². The van der Waals surface area contributed by atoms with Crippen LogP contribution in [0.2, 0.25) is 0 Å². The average molecular weight is 253 g/mol. The minimum Gasteiger partial charge on any atom is -0.288 e. The van der Waals surface area contributed by atoms with Gasteiger partial charge in [0.05, 0.1) is 18.2 Å². The van der Waals surface area contributed by atoms with Crippen molar-refractivity contribution < 1.29 is 0 Å². The van der Waals surface area contributed by atoms with Gasteiger partial charge in [0.1, 0.15) is 5.69 Å². The Hall–Kier alpha value is -2.41. The lowest BCUT2D eigenvalue weighted by Gasteiger charge is -2.13. The highest BCUT2D eigenvalue weighted by Gasteiger charge is 2.09. The minimum atomic E-state index is -0.177. The van der Waals surface area contributed by atoms with Crippen LogP contribution < -0.4 is 5.43 Å². The van der Waals surface area contributed by atoms with E-state index >= 15 is 0 Å². The molecule has 0 unspecified atom stereocenters. The topological polar surface area (TPSA) is 58.7 Å². The van der Waals surface area contributed by atoms with E-state index < -0.39 is 0 Å². The second-order valence-corrected chi connectivity index (χ2v) is 4.33. The molecule has 0 aliphatic carbocycles. The summed E-state index contributed by atoms with van der Waals surface area (Å²) in [6.45, 7) is 3.92. The van der Waals surface area contributed by atoms with Crippen molar-refractivity contribution in [2.75, 3.05) is 0 Å². The van der Waals surface area contributed by atoms with Crippen LogP contribution in [0.15, 0.2) is 35.1 Å². The first-order valence-electron chi connectivity index (χ1n) is 6.22. The maximum Gasteiger partial charge on any atom is 0.204 e. The smallest absolute Gasteiger partial charge is 0.204 e. The summed E-state index contributed by atoms with van der Waals surface area (Å²) in [5, 5.41) is 13.1. The Bertz CT molecular complexity index is 695. The predicted octanol–water partition coefficient (Wildman–Crippen LogP) is 2.17. The Balaban J connectivity index is 2.65. The molecule has 0 atom stereocenters. The number of nitrogens with zero attached hydrogens (tertiary/aromatic N) is 3. The Morgan fingerprint density at radius 1 is 1.37 bits per heavy atom. The Kier molecular flexibility index (Phi) is 3.76. The molecule has 4 heteroatoms. The van der Waals surface area contributed by atoms with Crippen molar-refractivity contribution in [3.05, 3.63) is 57.5 Å². The molecule has 0 spiro atoms. The fourth-order valence-corrected chi connectivity index (χ4v) is 2.04. The van der Waals surface area contributed by atoms with E-state index in [1.807, 2.05) is 37.3 Å². The summed E-state index contributed by atoms with van der Waals surface area (Å²) >= 11 is 0. The van der Waals surface area contributed by atoms with Crippen LogP contribution in [-0.4, -0.2) is 9.78 Å². The lowest BCUT2D eigenvalue weighted by molar-refractivity contribution is 0.759. The third kappa shape index (κ3) is 2.55. The minimum absolute atomic E-state index is 0.0351. The monoisotopic (exact) mass is 253 g/mol. The molecule has 19 heavy (non-hydrogen) atoms. The van der Waals surface area contributed by atoms with Crippen LogP contribution in [0.3, 0.4) is 0 Å². The number of rotatable bonds is 3. The zero-order chi connectivity index (χ0) is 13.8. The average Bonchev–Trinajstić information content (AvgIpc) is 2.42. The Morgan fingerprint density at radius 2 is 2.11 bits per heavy atom. The molecule has 2 aromatic rings. The van der Waals surface area contributed by atoms with Gasteiger partial charge >= 0.3 is 0 Å². The van der Waals surface area contributed by atoms with Crippen molar-refractivity contribution in [3.8, 4) is 11.8 Å². The molecule has 1 aromatic heterocycles. The van der Waals surface area contributed by atoms with E-state index in [1.165, 1.54) is 6.07 Å². The number of aryl methyl sites for hydroxylation is 2. The molecule has 2 rings (SSSR count). The van der Waals surface area contributed by atoms with Gasteiger partial charge in [-0.05, 0) is 25.0 Å². The Labute approximate surface area is 111 Å². The highest BCUT2D eigenvalue weighted by molar-refractivity contribution is 5.41. The van der Waals surface area contributed by atoms with E-state index in [1.54, 1.807) is 4.68 Å². The number of benzene rings is 1. The normalized spacial score (nSPS) is 10.2. The summed E-state index contributed by atoms with van der Waals surface area (Å²) in [7, 11) is 0. The third-order valence-corrected chi connectivity index (χ3v) is 3.03. The molecule has 96 valence electrons. The van der Waals surface area contributed by atoms with Gasteiger partial charge in [-0.2, -0.15) is 10.4 Å². The molecular weight excluding hydrogens is 238 g/mol. The molecule has 0 saturated carbocycles. The van der Waals surface area contributed by atoms with Gasteiger partial charge in [0.25, 0.3) is 0 Å². The van der Waals surface area contributed by atoms with Gasteiger partial charge in [-0.15, -0.1) is 0 Å². The van der Waals surface area contributed by atoms with Gasteiger partial charge in [-0.3, -0.25) is 4.79 Å². The van der Waals surface area contributed by atoms with Crippen LogP contribution in [0.1, 0.15) is 23.9 Å². The van der Waals surface area contributed by atoms with Gasteiger partial charge in [0.2, 0.25) is 5.43 Å². The molecule has 0 aliphatic heterocycles. The molecule has 0 radical (unpaired) electrons. The SMILES string of the molecule is CCc1ccccc1-n1nc(CC#N)c(=O)cc1C. The van der Waals surface area contributed by atoms with Gasteiger partial charge < -0.3 is 0 Å². The van der Waals surface area contributed by atoms with Crippen molar-refractivity contribution in [3.63, 3.8) is 0 Å². The van der Waals surface area contributed by atoms with E-state index in [0.29, 0.717) is 5.69 Å². The molecule has 0 aliphatic rings. The summed E-state index contributed by atoms with van der Waals surface area (Å²) in [5.74, 6) is 0. The van der Waals surface area contributed by atoms with Crippen LogP contribution in [0.4, 0.5) is 0 Å². The molecule has 0 bridgehead atoms. The van der Waals surface area contributed by atoms with Gasteiger partial charge in [-0.25, -0.2) is 4.68 Å². The third-order valence-electron chi connectivity index (χ3n) is 3.03. The lowest BCUT2D eigenvalue weighted by Crippen LogP contribution is -2.19. The van der Waals surface area contributed by atoms with Crippen molar-refractivity contribution in [1.29, 1.82) is 5.26 Å². The largest absolute Gasteiger partial charge is 0.288 e. The summed E-state index contributed by atoms with van der Waals surface area (Å²) in [4.78, 5) is 11.7. The lowest BCUT2D eigenvalue weighted by atomic mass is 10.1. The first kappa shape index (κ1) is 13.0. The fraction of sp³-hybridized carbons (Fsp3) is 0.267. The van der Waals surface area contributed by atoms with Crippen molar-refractivity contribution in [2.24, 2.45) is 0 Å². The molecule has 0 amide bonds. The fourth-order valence-electron chi connectivity index (χ4n) is 2.04. The summed E-state index contributed by atoms with van der Waals surface area (Å²) in [5.41, 5.74) is 3.00. The molecule has 4 nitrogen and oxygen atoms in total.